The zero-order valence-corrected chi connectivity index (χ0v) is 7.81. The molecule has 0 saturated carbocycles. The number of aliphatic hydroxyl groups is 5. The Morgan fingerprint density at radius 3 is 2.38 bits per heavy atom. The lowest BCUT2D eigenvalue weighted by Gasteiger charge is -2.52. The van der Waals surface area contributed by atoms with Crippen LogP contribution in [0.5, 0.6) is 0 Å². The van der Waals surface area contributed by atoms with Gasteiger partial charge < -0.3 is 44.2 Å². The molecule has 3 heterocycles. The standard InChI is InChI=1S/C6H9BO9/c8-1-2-3(9)4(10)5(11)6(12,13-2)16-7(14-4)15-5/h2-3,8-12H,1H2/t2-,3+,4+,5-,6?/m1/s1. The van der Waals surface area contributed by atoms with E-state index in [0.717, 1.165) is 0 Å². The minimum atomic E-state index is -2.77. The number of ether oxygens (including phenoxy) is 1. The van der Waals surface area contributed by atoms with Gasteiger partial charge >= 0.3 is 13.3 Å². The molecule has 5 atom stereocenters. The van der Waals surface area contributed by atoms with Gasteiger partial charge in [-0.1, -0.05) is 0 Å². The van der Waals surface area contributed by atoms with E-state index in [1.54, 1.807) is 0 Å². The van der Waals surface area contributed by atoms with E-state index in [-0.39, 0.29) is 0 Å². The summed E-state index contributed by atoms with van der Waals surface area (Å²) in [7, 11) is -1.56. The molecule has 9 nitrogen and oxygen atoms in total. The predicted octanol–water partition coefficient (Wildman–Crippen LogP) is -4.18. The SMILES string of the molecule is OC[C@H]1OC2(O)OB3O[C@@](O)([C@H]1O)[C@@]2(O)O3. The Kier molecular flexibility index (Phi) is 1.86. The van der Waals surface area contributed by atoms with Gasteiger partial charge in [0.05, 0.1) is 6.61 Å². The number of hydrogen-bond acceptors (Lipinski definition) is 9. The molecule has 3 aliphatic heterocycles. The second-order valence-corrected chi connectivity index (χ2v) is 3.85. The maximum absolute atomic E-state index is 9.93. The molecule has 5 N–H and O–H groups in total. The summed E-state index contributed by atoms with van der Waals surface area (Å²) in [5.74, 6) is -8.09. The highest BCUT2D eigenvalue weighted by atomic mass is 17.0. The first-order valence-electron chi connectivity index (χ1n) is 4.53. The normalized spacial score (nSPS) is 59.4. The zero-order chi connectivity index (χ0) is 11.8. The quantitative estimate of drug-likeness (QED) is 0.287. The molecule has 0 amide bonds. The molecule has 0 aliphatic carbocycles. The highest BCUT2D eigenvalue weighted by Gasteiger charge is 2.86. The Bertz CT molecular complexity index is 340. The van der Waals surface area contributed by atoms with Crippen LogP contribution in [0.1, 0.15) is 0 Å². The Morgan fingerprint density at radius 1 is 1.12 bits per heavy atom. The number of hydrogen-bond donors (Lipinski definition) is 5. The molecule has 0 aromatic heterocycles. The molecule has 0 spiro atoms. The average molecular weight is 236 g/mol. The van der Waals surface area contributed by atoms with Crippen molar-refractivity contribution in [1.82, 2.24) is 0 Å². The van der Waals surface area contributed by atoms with E-state index in [1.807, 2.05) is 0 Å². The molecule has 1 unspecified atom stereocenters. The van der Waals surface area contributed by atoms with Gasteiger partial charge in [0.2, 0.25) is 5.79 Å². The molecular weight excluding hydrogens is 227 g/mol. The van der Waals surface area contributed by atoms with E-state index in [4.69, 9.17) is 14.5 Å². The summed E-state index contributed by atoms with van der Waals surface area (Å²) in [4.78, 5) is 0. The van der Waals surface area contributed by atoms with Crippen LogP contribution in [0, 0.1) is 0 Å². The smallest absolute Gasteiger partial charge is 0.394 e. The van der Waals surface area contributed by atoms with Gasteiger partial charge in [0.15, 0.2) is 0 Å². The van der Waals surface area contributed by atoms with Gasteiger partial charge in [0.25, 0.3) is 5.79 Å². The molecule has 16 heavy (non-hydrogen) atoms. The van der Waals surface area contributed by atoms with Gasteiger partial charge in [0.1, 0.15) is 12.2 Å². The van der Waals surface area contributed by atoms with Crippen molar-refractivity contribution in [3.8, 4) is 0 Å². The van der Waals surface area contributed by atoms with Crippen molar-refractivity contribution in [2.24, 2.45) is 0 Å². The summed E-state index contributed by atoms with van der Waals surface area (Å²) in [5, 5.41) is 48.1. The van der Waals surface area contributed by atoms with E-state index < -0.39 is 43.7 Å². The van der Waals surface area contributed by atoms with Crippen LogP contribution in [-0.2, 0) is 18.7 Å². The Balaban J connectivity index is 2.08. The monoisotopic (exact) mass is 236 g/mol. The molecule has 90 valence electrons. The number of rotatable bonds is 1. The average Bonchev–Trinajstić information content (AvgIpc) is 2.60. The van der Waals surface area contributed by atoms with Crippen LogP contribution in [0.15, 0.2) is 0 Å². The van der Waals surface area contributed by atoms with Crippen molar-refractivity contribution in [1.29, 1.82) is 0 Å². The van der Waals surface area contributed by atoms with Gasteiger partial charge in [-0.15, -0.1) is 0 Å². The van der Waals surface area contributed by atoms with Crippen molar-refractivity contribution < 1.29 is 44.2 Å². The predicted molar refractivity (Wildman–Crippen MR) is 41.8 cm³/mol. The fraction of sp³-hybridized carbons (Fsp3) is 1.00. The minimum absolute atomic E-state index is 0.723. The largest absolute Gasteiger partial charge is 0.648 e. The zero-order valence-electron chi connectivity index (χ0n) is 7.81. The van der Waals surface area contributed by atoms with E-state index in [9.17, 15) is 20.4 Å². The maximum Gasteiger partial charge on any atom is 0.648 e. The second-order valence-electron chi connectivity index (χ2n) is 3.85. The summed E-state index contributed by atoms with van der Waals surface area (Å²) < 4.78 is 18.7. The lowest BCUT2D eigenvalue weighted by molar-refractivity contribution is -0.528. The molecule has 3 rings (SSSR count). The molecular formula is C6H9BO9. The molecule has 10 heteroatoms. The molecule has 0 radical (unpaired) electrons. The first-order valence-corrected chi connectivity index (χ1v) is 4.53. The van der Waals surface area contributed by atoms with Gasteiger partial charge in [-0.3, -0.25) is 0 Å². The molecule has 0 aromatic rings. The van der Waals surface area contributed by atoms with Crippen LogP contribution in [0.4, 0.5) is 0 Å². The lowest BCUT2D eigenvalue weighted by Crippen LogP contribution is -2.79. The van der Waals surface area contributed by atoms with Crippen molar-refractivity contribution in [2.45, 2.75) is 29.8 Å². The number of aliphatic hydroxyl groups excluding tert-OH is 2. The highest BCUT2D eigenvalue weighted by molar-refractivity contribution is 6.38. The van der Waals surface area contributed by atoms with Crippen LogP contribution >= 0.6 is 0 Å². The van der Waals surface area contributed by atoms with Crippen molar-refractivity contribution in [3.63, 3.8) is 0 Å². The lowest BCUT2D eigenvalue weighted by atomic mass is 9.89. The molecule has 2 bridgehead atoms. The summed E-state index contributed by atoms with van der Waals surface area (Å²) in [5.41, 5.74) is 0. The fourth-order valence-corrected chi connectivity index (χ4v) is 2.07. The third kappa shape index (κ3) is 0.895. The van der Waals surface area contributed by atoms with E-state index in [1.165, 1.54) is 0 Å². The topological polar surface area (TPSA) is 138 Å². The van der Waals surface area contributed by atoms with Crippen LogP contribution in [-0.4, -0.2) is 69.2 Å². The van der Waals surface area contributed by atoms with Gasteiger partial charge in [-0.25, -0.2) is 0 Å². The molecule has 3 aliphatic rings. The van der Waals surface area contributed by atoms with Crippen LogP contribution in [0.2, 0.25) is 0 Å². The van der Waals surface area contributed by atoms with Crippen LogP contribution in [0.3, 0.4) is 0 Å². The second kappa shape index (κ2) is 2.75. The third-order valence-corrected chi connectivity index (χ3v) is 2.96. The maximum atomic E-state index is 9.93. The van der Waals surface area contributed by atoms with Crippen molar-refractivity contribution in [3.05, 3.63) is 0 Å². The van der Waals surface area contributed by atoms with Gasteiger partial charge in [-0.2, -0.15) is 0 Å². The number of fused-ring (bicyclic) bond motifs is 1. The summed E-state index contributed by atoms with van der Waals surface area (Å²) in [6.45, 7) is -0.723. The van der Waals surface area contributed by atoms with Crippen molar-refractivity contribution >= 4 is 7.32 Å². The first kappa shape index (κ1) is 10.8. The van der Waals surface area contributed by atoms with Crippen LogP contribution in [0.25, 0.3) is 0 Å². The van der Waals surface area contributed by atoms with Gasteiger partial charge in [-0.05, 0) is 0 Å². The van der Waals surface area contributed by atoms with E-state index in [0.29, 0.717) is 0 Å². The summed E-state index contributed by atoms with van der Waals surface area (Å²) >= 11 is 0. The van der Waals surface area contributed by atoms with E-state index in [2.05, 4.69) is 9.31 Å². The summed E-state index contributed by atoms with van der Waals surface area (Å²) in [6.07, 6.45) is -3.20. The highest BCUT2D eigenvalue weighted by Crippen LogP contribution is 2.55. The van der Waals surface area contributed by atoms with Crippen molar-refractivity contribution in [2.75, 3.05) is 6.61 Å². The Labute approximate surface area is 88.9 Å². The third-order valence-electron chi connectivity index (χ3n) is 2.96. The van der Waals surface area contributed by atoms with Crippen LogP contribution < -0.4 is 0 Å². The molecule has 0 aromatic carbocycles. The Morgan fingerprint density at radius 2 is 1.81 bits per heavy atom. The minimum Gasteiger partial charge on any atom is -0.394 e. The molecule has 3 fully saturated rings. The summed E-state index contributed by atoms with van der Waals surface area (Å²) in [6, 6.07) is 0. The fourth-order valence-electron chi connectivity index (χ4n) is 2.07. The Hall–Kier alpha value is -0.295. The van der Waals surface area contributed by atoms with Gasteiger partial charge in [0, 0.05) is 0 Å². The first-order chi connectivity index (χ1) is 7.36. The van der Waals surface area contributed by atoms with E-state index >= 15 is 0 Å². The molecule has 3 saturated heterocycles.